The Morgan fingerprint density at radius 3 is 1.22 bits per heavy atom. The summed E-state index contributed by atoms with van der Waals surface area (Å²) in [7, 11) is 4.07. The van der Waals surface area contributed by atoms with Crippen molar-refractivity contribution in [3.63, 3.8) is 0 Å². The average molecular weight is 2440 g/mol. The number of thiophene rings is 2. The molecule has 10 heterocycles. The summed E-state index contributed by atoms with van der Waals surface area (Å²) in [6.07, 6.45) is -0.273. The molecule has 4 amide bonds. The van der Waals surface area contributed by atoms with Crippen LogP contribution in [0.15, 0.2) is 120 Å². The first-order valence-corrected chi connectivity index (χ1v) is 64.8. The molecular weight excluding hydrogens is 2360 g/mol. The van der Waals surface area contributed by atoms with E-state index in [0.717, 1.165) is 129 Å². The Kier molecular flexibility index (Phi) is 31.7. The molecule has 6 aromatic heterocycles. The molecule has 4 aliphatic heterocycles. The quantitative estimate of drug-likeness (QED) is 0.0170. The molecule has 16 rings (SSSR count). The van der Waals surface area contributed by atoms with Crippen LogP contribution in [0.2, 0.25) is 0 Å². The van der Waals surface area contributed by atoms with Gasteiger partial charge in [-0.2, -0.15) is 0 Å². The van der Waals surface area contributed by atoms with E-state index in [1.54, 1.807) is 25.7 Å². The van der Waals surface area contributed by atoms with E-state index < -0.39 is 11.7 Å². The van der Waals surface area contributed by atoms with Crippen molar-refractivity contribution in [2.45, 2.75) is 71.3 Å². The van der Waals surface area contributed by atoms with Crippen LogP contribution in [0.4, 0.5) is 26.7 Å². The Hall–Kier alpha value is -4.32. The Morgan fingerprint density at radius 2 is 0.851 bits per heavy atom. The van der Waals surface area contributed by atoms with Crippen LogP contribution in [-0.4, -0.2) is 178 Å². The minimum atomic E-state index is -0.561. The second-order valence-corrected chi connectivity index (χ2v) is 67.0. The molecule has 21 nitrogen and oxygen atoms in total. The Morgan fingerprint density at radius 1 is 0.509 bits per heavy atom. The van der Waals surface area contributed by atoms with E-state index in [1.165, 1.54) is 22.7 Å². The number of Topliss-reactive ketones (excluding diaryl/α,β-unsaturated/α-hetero) is 2. The van der Waals surface area contributed by atoms with Crippen molar-refractivity contribution in [1.29, 1.82) is 0 Å². The van der Waals surface area contributed by atoms with Gasteiger partial charge in [-0.3, -0.25) is 24.0 Å². The van der Waals surface area contributed by atoms with Gasteiger partial charge in [-0.15, -0.1) is 45.9 Å². The first-order chi connectivity index (χ1) is 54.1. The molecule has 602 valence electrons. The van der Waals surface area contributed by atoms with Crippen LogP contribution in [-0.2, 0) is 33.7 Å². The van der Waals surface area contributed by atoms with Crippen LogP contribution in [0.3, 0.4) is 0 Å². The molecule has 4 aliphatic rings. The van der Waals surface area contributed by atoms with Crippen molar-refractivity contribution in [3.05, 3.63) is 189 Å². The molecule has 6 N–H and O–H groups in total. The number of nitrogens with two attached hydrogens (primary N) is 1. The number of likely N-dealkylation sites (N-methyl/N-ethyl adjacent to an activating group) is 2. The Labute approximate surface area is 763 Å². The van der Waals surface area contributed by atoms with Gasteiger partial charge in [0.1, 0.15) is 17.0 Å². The third-order valence-electron chi connectivity index (χ3n) is 20.3. The van der Waals surface area contributed by atoms with Gasteiger partial charge in [-0.25, -0.2) is 9.59 Å². The fourth-order valence-corrected chi connectivity index (χ4v) is 17.4. The molecule has 0 unspecified atom stereocenters. The number of carbonyl (C=O) groups is 7. The number of fused-ring (bicyclic) bond motifs is 10. The summed E-state index contributed by atoms with van der Waals surface area (Å²) >= 11 is 32.0. The van der Waals surface area contributed by atoms with Crippen molar-refractivity contribution < 1.29 is 52.7 Å². The summed E-state index contributed by atoms with van der Waals surface area (Å²) < 4.78 is 19.3. The van der Waals surface area contributed by atoms with E-state index in [2.05, 4.69) is 175 Å². The topological polar surface area (TPSA) is 256 Å². The summed E-state index contributed by atoms with van der Waals surface area (Å²) in [5.74, 6) is 0.529. The number of nitrogen functional groups attached to an aromatic ring is 1. The van der Waals surface area contributed by atoms with Gasteiger partial charge < -0.3 is 76.7 Å². The van der Waals surface area contributed by atoms with E-state index in [-0.39, 0.29) is 78.9 Å². The molecule has 33 heteroatoms. The van der Waals surface area contributed by atoms with Crippen molar-refractivity contribution in [2.75, 3.05) is 107 Å². The molecule has 2 atom stereocenters. The minimum absolute atomic E-state index is 0. The molecule has 2 saturated heterocycles. The van der Waals surface area contributed by atoms with Gasteiger partial charge in [-0.1, -0.05) is 18.2 Å². The molecule has 6 aromatic carbocycles. The number of anilines is 3. The number of hydrogen-bond acceptors (Lipinski definition) is 15. The number of alkyl halides is 2. The zero-order valence-electron chi connectivity index (χ0n) is 63.3. The maximum atomic E-state index is 14.3. The summed E-state index contributed by atoms with van der Waals surface area (Å²) in [4.78, 5) is 118. The fraction of sp³-hybridized carbons (Fsp3) is 0.309. The maximum absolute atomic E-state index is 14.3. The van der Waals surface area contributed by atoms with Gasteiger partial charge in [0.15, 0.2) is 23.1 Å². The van der Waals surface area contributed by atoms with E-state index in [4.69, 9.17) is 43.1 Å². The number of ether oxygens (including phenoxy) is 3. The Bertz CT molecular complexity index is 5610. The molecule has 2 fully saturated rings. The number of hydrogen-bond donors (Lipinski definition) is 5. The first-order valence-electron chi connectivity index (χ1n) is 35.9. The fourth-order valence-electron chi connectivity index (χ4n) is 14.8. The number of benzene rings is 6. The van der Waals surface area contributed by atoms with Gasteiger partial charge in [0.05, 0.1) is 38.6 Å². The summed E-state index contributed by atoms with van der Waals surface area (Å²) in [5.41, 5.74) is 19.0. The van der Waals surface area contributed by atoms with Crippen LogP contribution >= 0.6 is 180 Å². The average Bonchev–Trinajstić information content (AvgIpc) is 1.58. The van der Waals surface area contributed by atoms with Gasteiger partial charge in [0.25, 0.3) is 11.8 Å². The van der Waals surface area contributed by atoms with E-state index >= 15 is 0 Å². The number of aryl methyl sites for hydroxylation is 2. The molecular formula is C81H82Cl2I7N11O10S2V-. The standard InChI is InChI=1S/C43H44ClN5O6S.C37H35ClN6O4S.CH3.2I2.3HI.V/c1-24-23-56-40-36(54-42(53)48-12-10-47(5)11-13-48)20-34-39(38(24)40)29(21-44)22-49(34)41(52)33-19-28-14-25(6-8-31(28)46-33)16-35(50)32-18-27-15-26(7-9-30(27)45-32)17-37(51)55-43(2,3)4;1-20-19-49-35-32(48-37(47)43-9-7-42(2)8-10-43)16-30-34(33(20)35)24(17-38)18-44(30)36(46)29-15-22-11-21(3-5-26(22)41-29)12-31(45)28-14-23-13-25(39)4-6-27(23)40-28;;2*1-2;;;;/h6-9,14-15,18-20,23,29,45-46H,10-13,16-17,21-22H2,1-5H3;3-6,11,13-16,19,24,40-41H,7-10,12,17-18,39H2,1-2H3;1H3;;;3*1H;/q;;-1;;;;;;+3/p-3/t29-;24-;;;;;;;/m11......./s1. The first kappa shape index (κ1) is 90.4. The van der Waals surface area contributed by atoms with Crippen molar-refractivity contribution >= 4 is 303 Å². The number of esters is 1. The van der Waals surface area contributed by atoms with E-state index in [1.807, 2.05) is 152 Å². The van der Waals surface area contributed by atoms with Gasteiger partial charge >= 0.3 is 83.0 Å². The van der Waals surface area contributed by atoms with Gasteiger partial charge in [0.2, 0.25) is 0 Å². The second-order valence-electron chi connectivity index (χ2n) is 29.2. The number of nitrogens with one attached hydrogen (secondary N) is 4. The molecule has 12 aromatic rings. The van der Waals surface area contributed by atoms with Gasteiger partial charge in [-0.05, 0) is 177 Å². The zero-order chi connectivity index (χ0) is 81.0. The van der Waals surface area contributed by atoms with Crippen molar-refractivity contribution in [3.8, 4) is 11.5 Å². The zero-order valence-corrected chi connectivity index (χ0v) is 83.0. The van der Waals surface area contributed by atoms with Crippen molar-refractivity contribution in [1.82, 2.24) is 39.5 Å². The second kappa shape index (κ2) is 39.9. The van der Waals surface area contributed by atoms with Crippen LogP contribution in [0.25, 0.3) is 63.8 Å². The predicted molar refractivity (Wildman–Crippen MR) is 521 cm³/mol. The number of rotatable bonds is 14. The predicted octanol–water partition coefficient (Wildman–Crippen LogP) is 21.8. The number of amides is 4. The third kappa shape index (κ3) is 20.8. The molecule has 0 bridgehead atoms. The monoisotopic (exact) mass is 2440 g/mol. The van der Waals surface area contributed by atoms with E-state index in [9.17, 15) is 33.6 Å². The van der Waals surface area contributed by atoms with Crippen LogP contribution < -0.4 is 25.0 Å². The van der Waals surface area contributed by atoms with Crippen LogP contribution in [0, 0.1) is 21.3 Å². The molecule has 0 radical (unpaired) electrons. The number of nitrogens with zero attached hydrogens (tertiary/aromatic N) is 6. The number of piperazine rings is 2. The van der Waals surface area contributed by atoms with Gasteiger partial charge in [0, 0.05) is 249 Å². The number of carbonyl (C=O) groups excluding carboxylic acids is 7. The summed E-state index contributed by atoms with van der Waals surface area (Å²) in [6.45, 7) is 15.9. The number of H-pyrrole nitrogens is 4. The van der Waals surface area contributed by atoms with Crippen LogP contribution in [0.5, 0.6) is 11.5 Å². The number of aromatic amines is 4. The third-order valence-corrected chi connectivity index (χ3v) is 23.2. The van der Waals surface area contributed by atoms with Crippen molar-refractivity contribution in [2.24, 2.45) is 0 Å². The number of aromatic nitrogens is 4. The molecule has 0 saturated carbocycles. The normalized spacial score (nSPS) is 15.5. The number of ketones is 2. The summed E-state index contributed by atoms with van der Waals surface area (Å²) in [6, 6.07) is 33.5. The van der Waals surface area contributed by atoms with E-state index in [0.29, 0.717) is 102 Å². The SMILES string of the molecule is Cc1csc2c(OC(=O)N3CCN(C)CC3)cc3c(c12)[C@H](CCl)CN3C(=O)c1cc2cc(CC(=O)c3cc4cc(CC(=O)OC(C)(C)C)ccc4[nH]3)ccc2[nH]1.Cc1csc2c(OC(=O)N3CCN(C)CC3)cc3c(c12)[C@H](CCl)CN3C(=O)c1cc2cc(CC(=O)c3cc4cc(N)ccc4[nH]3)ccc2[nH]1.II.II.[CH3-].[I][V]([I])[I]. The molecule has 0 spiro atoms. The number of halogens is 9. The molecule has 0 aliphatic carbocycles. The Balaban J connectivity index is 0.000000206. The summed E-state index contributed by atoms with van der Waals surface area (Å²) in [5, 5.41) is 9.46. The molecule has 114 heavy (non-hydrogen) atoms. The van der Waals surface area contributed by atoms with Crippen LogP contribution in [0.1, 0.15) is 114 Å².